The molecule has 6 nitrogen and oxygen atoms in total. The number of rotatable bonds is 2. The van der Waals surface area contributed by atoms with Crippen molar-refractivity contribution >= 4 is 22.3 Å². The number of hydrogen-bond donors (Lipinski definition) is 3. The third-order valence-corrected chi connectivity index (χ3v) is 2.29. The van der Waals surface area contributed by atoms with Gasteiger partial charge in [-0.25, -0.2) is 0 Å². The predicted octanol–water partition coefficient (Wildman–Crippen LogP) is 0.717. The van der Waals surface area contributed by atoms with Crippen molar-refractivity contribution in [2.75, 3.05) is 5.75 Å². The fraction of sp³-hybridized carbons (Fsp3) is 0.429. The highest BCUT2D eigenvalue weighted by atomic mass is 32.2. The maximum atomic E-state index is 10.3. The lowest BCUT2D eigenvalue weighted by Gasteiger charge is -1.85. The highest BCUT2D eigenvalue weighted by Gasteiger charge is 1.98. The van der Waals surface area contributed by atoms with E-state index in [4.69, 9.17) is 4.55 Å². The summed E-state index contributed by atoms with van der Waals surface area (Å²) in [6.45, 7) is 1.69. The lowest BCUT2D eigenvalue weighted by Crippen LogP contribution is -2.02. The van der Waals surface area contributed by atoms with E-state index in [9.17, 15) is 13.2 Å². The normalized spacial score (nSPS) is 10.3. The summed E-state index contributed by atoms with van der Waals surface area (Å²) in [6, 6.07) is 1.37. The molecule has 0 saturated carbocycles. The van der Waals surface area contributed by atoms with Gasteiger partial charge in [0, 0.05) is 12.3 Å². The number of nitrogens with one attached hydrogen (secondary N) is 2. The average Bonchev–Trinajstić information content (AvgIpc) is 2.01. The van der Waals surface area contributed by atoms with E-state index in [2.05, 4.69) is 22.2 Å². The molecule has 8 heteroatoms. The zero-order chi connectivity index (χ0) is 11.9. The van der Waals surface area contributed by atoms with E-state index < -0.39 is 10.1 Å². The second-order valence-corrected chi connectivity index (χ2v) is 4.56. The van der Waals surface area contributed by atoms with Crippen molar-refractivity contribution in [3.05, 3.63) is 27.4 Å². The SMILES string of the molecule is CCCS(=O)(=O)O.O=c1cc[nH]c(=S)[nH]1. The van der Waals surface area contributed by atoms with Crippen LogP contribution in [0.3, 0.4) is 0 Å². The minimum Gasteiger partial charge on any atom is -0.339 e. The first-order valence-corrected chi connectivity index (χ1v) is 6.10. The molecule has 1 rings (SSSR count). The van der Waals surface area contributed by atoms with Gasteiger partial charge in [0.15, 0.2) is 4.77 Å². The summed E-state index contributed by atoms with van der Waals surface area (Å²) < 4.78 is 27.9. The molecule has 0 unspecified atom stereocenters. The van der Waals surface area contributed by atoms with Gasteiger partial charge in [0.05, 0.1) is 5.75 Å². The Bertz CT molecular complexity index is 463. The molecule has 0 aliphatic heterocycles. The van der Waals surface area contributed by atoms with Crippen LogP contribution in [0.15, 0.2) is 17.1 Å². The second kappa shape index (κ2) is 6.49. The summed E-state index contributed by atoms with van der Waals surface area (Å²) in [7, 11) is -3.67. The molecule has 86 valence electrons. The predicted molar refractivity (Wildman–Crippen MR) is 59.0 cm³/mol. The summed E-state index contributed by atoms with van der Waals surface area (Å²) in [4.78, 5) is 15.4. The Hall–Kier alpha value is -0.990. The van der Waals surface area contributed by atoms with Gasteiger partial charge in [-0.3, -0.25) is 14.3 Å². The summed E-state index contributed by atoms with van der Waals surface area (Å²) in [6.07, 6.45) is 1.97. The van der Waals surface area contributed by atoms with Gasteiger partial charge in [-0.1, -0.05) is 6.92 Å². The first-order valence-electron chi connectivity index (χ1n) is 4.08. The van der Waals surface area contributed by atoms with Gasteiger partial charge in [0.2, 0.25) is 0 Å². The van der Waals surface area contributed by atoms with E-state index >= 15 is 0 Å². The van der Waals surface area contributed by atoms with Gasteiger partial charge in [-0.15, -0.1) is 0 Å². The summed E-state index contributed by atoms with van der Waals surface area (Å²) in [5, 5.41) is 0. The summed E-state index contributed by atoms with van der Waals surface area (Å²) in [5.41, 5.74) is -0.172. The van der Waals surface area contributed by atoms with E-state index in [0.29, 0.717) is 11.2 Å². The van der Waals surface area contributed by atoms with Gasteiger partial charge in [0.25, 0.3) is 15.7 Å². The molecule has 0 atom stereocenters. The van der Waals surface area contributed by atoms with E-state index in [0.717, 1.165) is 0 Å². The van der Waals surface area contributed by atoms with Crippen LogP contribution < -0.4 is 5.56 Å². The van der Waals surface area contributed by atoms with Crippen molar-refractivity contribution in [1.82, 2.24) is 9.97 Å². The monoisotopic (exact) mass is 252 g/mol. The second-order valence-electron chi connectivity index (χ2n) is 2.58. The van der Waals surface area contributed by atoms with Crippen LogP contribution in [-0.4, -0.2) is 28.7 Å². The fourth-order valence-electron chi connectivity index (χ4n) is 0.641. The molecule has 0 aromatic carbocycles. The Morgan fingerprint density at radius 2 is 2.13 bits per heavy atom. The Balaban J connectivity index is 0.000000265. The van der Waals surface area contributed by atoms with E-state index in [-0.39, 0.29) is 11.3 Å². The molecule has 0 fully saturated rings. The molecular formula is C7H12N2O4S2. The lowest BCUT2D eigenvalue weighted by molar-refractivity contribution is 0.482. The standard InChI is InChI=1S/C4H4N2OS.C3H8O3S/c7-3-1-2-5-4(8)6-3;1-2-3-7(4,5)6/h1-2H,(H2,5,6,7,8);2-3H2,1H3,(H,4,5,6). The molecule has 0 bridgehead atoms. The van der Waals surface area contributed by atoms with Crippen LogP contribution in [0.5, 0.6) is 0 Å². The first-order chi connectivity index (χ1) is 6.85. The Kier molecular flexibility index (Phi) is 6.06. The third kappa shape index (κ3) is 9.32. The van der Waals surface area contributed by atoms with Crippen LogP contribution in [0, 0.1) is 4.77 Å². The number of H-pyrrole nitrogens is 2. The number of aromatic nitrogens is 2. The average molecular weight is 252 g/mol. The van der Waals surface area contributed by atoms with E-state index in [1.165, 1.54) is 12.3 Å². The lowest BCUT2D eigenvalue weighted by atomic mass is 10.6. The molecule has 0 aliphatic carbocycles. The fourth-order valence-corrected chi connectivity index (χ4v) is 1.33. The minimum atomic E-state index is -3.67. The van der Waals surface area contributed by atoms with Gasteiger partial charge in [0.1, 0.15) is 0 Å². The van der Waals surface area contributed by atoms with Crippen LogP contribution in [0.2, 0.25) is 0 Å². The van der Waals surface area contributed by atoms with Crippen LogP contribution in [-0.2, 0) is 10.1 Å². The molecule has 0 radical (unpaired) electrons. The van der Waals surface area contributed by atoms with Crippen LogP contribution in [0.25, 0.3) is 0 Å². The van der Waals surface area contributed by atoms with Gasteiger partial charge >= 0.3 is 0 Å². The maximum absolute atomic E-state index is 10.3. The molecule has 0 aliphatic rings. The highest BCUT2D eigenvalue weighted by Crippen LogP contribution is 1.83. The van der Waals surface area contributed by atoms with Crippen molar-refractivity contribution in [2.45, 2.75) is 13.3 Å². The highest BCUT2D eigenvalue weighted by molar-refractivity contribution is 7.85. The van der Waals surface area contributed by atoms with E-state index in [1.807, 2.05) is 0 Å². The molecule has 0 saturated heterocycles. The number of aromatic amines is 2. The zero-order valence-corrected chi connectivity index (χ0v) is 9.69. The molecule has 15 heavy (non-hydrogen) atoms. The molecule has 0 spiro atoms. The van der Waals surface area contributed by atoms with Crippen molar-refractivity contribution in [1.29, 1.82) is 0 Å². The van der Waals surface area contributed by atoms with Crippen LogP contribution in [0.1, 0.15) is 13.3 Å². The summed E-state index contributed by atoms with van der Waals surface area (Å²) >= 11 is 4.59. The molecule has 3 N–H and O–H groups in total. The Morgan fingerprint density at radius 1 is 1.53 bits per heavy atom. The molecule has 1 aromatic rings. The van der Waals surface area contributed by atoms with Crippen LogP contribution >= 0.6 is 12.2 Å². The van der Waals surface area contributed by atoms with Gasteiger partial charge in [-0.2, -0.15) is 8.42 Å². The van der Waals surface area contributed by atoms with Crippen molar-refractivity contribution < 1.29 is 13.0 Å². The minimum absolute atomic E-state index is 0.132. The Labute approximate surface area is 92.1 Å². The van der Waals surface area contributed by atoms with E-state index in [1.54, 1.807) is 6.92 Å². The molecule has 1 aromatic heterocycles. The van der Waals surface area contributed by atoms with Crippen molar-refractivity contribution in [3.8, 4) is 0 Å². The Morgan fingerprint density at radius 3 is 2.33 bits per heavy atom. The molecular weight excluding hydrogens is 240 g/mol. The smallest absolute Gasteiger partial charge is 0.264 e. The molecule has 0 amide bonds. The zero-order valence-electron chi connectivity index (χ0n) is 8.06. The number of hydrogen-bond acceptors (Lipinski definition) is 4. The first kappa shape index (κ1) is 14.0. The molecule has 1 heterocycles. The van der Waals surface area contributed by atoms with Crippen LogP contribution in [0.4, 0.5) is 0 Å². The van der Waals surface area contributed by atoms with Crippen molar-refractivity contribution in [3.63, 3.8) is 0 Å². The third-order valence-electron chi connectivity index (χ3n) is 1.15. The quantitative estimate of drug-likeness (QED) is 0.531. The largest absolute Gasteiger partial charge is 0.339 e. The topological polar surface area (TPSA) is 103 Å². The van der Waals surface area contributed by atoms with Gasteiger partial charge in [-0.05, 0) is 18.6 Å². The maximum Gasteiger partial charge on any atom is 0.264 e. The van der Waals surface area contributed by atoms with Gasteiger partial charge < -0.3 is 4.98 Å². The van der Waals surface area contributed by atoms with Crippen molar-refractivity contribution in [2.24, 2.45) is 0 Å². The summed E-state index contributed by atoms with van der Waals surface area (Å²) in [5.74, 6) is -0.132.